The maximum Gasteiger partial charge on any atom is 0.410 e. The molecule has 47 heavy (non-hydrogen) atoms. The monoisotopic (exact) mass is 660 g/mol. The second-order valence-corrected chi connectivity index (χ2v) is 17.6. The van der Waals surface area contributed by atoms with Crippen LogP contribution < -0.4 is 4.74 Å². The fourth-order valence-corrected chi connectivity index (χ4v) is 6.54. The van der Waals surface area contributed by atoms with Gasteiger partial charge in [-0.3, -0.25) is 4.98 Å². The highest BCUT2D eigenvalue weighted by atomic mass is 28.2. The minimum Gasteiger partial charge on any atom is -0.488 e. The van der Waals surface area contributed by atoms with E-state index in [9.17, 15) is 9.59 Å². The molecule has 0 N–H and O–H groups in total. The number of fused-ring (bicyclic) bond motifs is 1. The quantitative estimate of drug-likeness (QED) is 0.156. The average molecular weight is 661 g/mol. The van der Waals surface area contributed by atoms with Crippen LogP contribution in [0.1, 0.15) is 101 Å². The van der Waals surface area contributed by atoms with E-state index in [2.05, 4.69) is 51.7 Å². The Morgan fingerprint density at radius 1 is 1.00 bits per heavy atom. The normalized spacial score (nSPS) is 15.9. The van der Waals surface area contributed by atoms with Gasteiger partial charge in [0.2, 0.25) is 0 Å². The van der Waals surface area contributed by atoms with Gasteiger partial charge < -0.3 is 23.5 Å². The fourth-order valence-electron chi connectivity index (χ4n) is 5.19. The number of amides is 1. The van der Waals surface area contributed by atoms with E-state index in [0.29, 0.717) is 18.7 Å². The van der Waals surface area contributed by atoms with Gasteiger partial charge in [-0.15, -0.1) is 0 Å². The van der Waals surface area contributed by atoms with Gasteiger partial charge in [-0.25, -0.2) is 9.59 Å². The second kappa shape index (κ2) is 15.0. The molecule has 1 aliphatic heterocycles. The van der Waals surface area contributed by atoms with Crippen molar-refractivity contribution in [2.24, 2.45) is 5.41 Å². The summed E-state index contributed by atoms with van der Waals surface area (Å²) in [7, 11) is 0.366. The van der Waals surface area contributed by atoms with Crippen molar-refractivity contribution in [1.82, 2.24) is 9.88 Å². The minimum absolute atomic E-state index is 0.0335. The standard InChI is InChI=1S/C38H52N2O6Si/c1-36(2,3)38(7,8)47-46-33(30-11-10-20-39-23-30)25-40(35(42)45-37(4,5)6)24-31-18-17-29-22-27(14-19-32(29)44-31)21-26-12-15-28(16-13-26)34(41)43-9/h10-16,19-20,22-23,31,33H,17-18,21,24-25,47H2,1-9H3/t31-,33+/m1/s1. The number of nitrogens with zero attached hydrogens (tertiary/aromatic N) is 2. The smallest absolute Gasteiger partial charge is 0.410 e. The van der Waals surface area contributed by atoms with Crippen molar-refractivity contribution in [3.8, 4) is 5.75 Å². The topological polar surface area (TPSA) is 87.2 Å². The highest BCUT2D eigenvalue weighted by Crippen LogP contribution is 2.44. The summed E-state index contributed by atoms with van der Waals surface area (Å²) in [6.45, 7) is 17.7. The molecule has 2 aromatic carbocycles. The Morgan fingerprint density at radius 2 is 1.70 bits per heavy atom. The number of pyridine rings is 1. The van der Waals surface area contributed by atoms with E-state index >= 15 is 0 Å². The van der Waals surface area contributed by atoms with Gasteiger partial charge in [-0.2, -0.15) is 0 Å². The summed E-state index contributed by atoms with van der Waals surface area (Å²) in [6.07, 6.45) is 5.04. The van der Waals surface area contributed by atoms with Gasteiger partial charge in [-0.1, -0.05) is 65.0 Å². The third-order valence-corrected chi connectivity index (χ3v) is 11.5. The van der Waals surface area contributed by atoms with Crippen LogP contribution in [0, 0.1) is 5.41 Å². The van der Waals surface area contributed by atoms with Crippen LogP contribution in [0.15, 0.2) is 67.0 Å². The molecule has 8 nitrogen and oxygen atoms in total. The molecular formula is C38H52N2O6Si. The van der Waals surface area contributed by atoms with Crippen LogP contribution in [-0.4, -0.2) is 63.6 Å². The highest BCUT2D eigenvalue weighted by Gasteiger charge is 2.36. The summed E-state index contributed by atoms with van der Waals surface area (Å²) < 4.78 is 24.0. The fraction of sp³-hybridized carbons (Fsp3) is 0.500. The first-order valence-electron chi connectivity index (χ1n) is 16.5. The number of carbonyl (C=O) groups is 2. The summed E-state index contributed by atoms with van der Waals surface area (Å²) in [5.41, 5.74) is 4.36. The summed E-state index contributed by atoms with van der Waals surface area (Å²) in [5, 5.41) is 0.0335. The van der Waals surface area contributed by atoms with Crippen LogP contribution in [0.5, 0.6) is 5.75 Å². The van der Waals surface area contributed by atoms with Crippen LogP contribution in [-0.2, 0) is 26.7 Å². The third kappa shape index (κ3) is 10.1. The van der Waals surface area contributed by atoms with E-state index < -0.39 is 15.4 Å². The third-order valence-electron chi connectivity index (χ3n) is 9.13. The Bertz CT molecular complexity index is 1500. The van der Waals surface area contributed by atoms with Crippen LogP contribution in [0.4, 0.5) is 4.79 Å². The molecule has 254 valence electrons. The van der Waals surface area contributed by atoms with Crippen molar-refractivity contribution in [2.75, 3.05) is 20.2 Å². The number of aryl methyl sites for hydroxylation is 1. The van der Waals surface area contributed by atoms with Crippen LogP contribution in [0.2, 0.25) is 5.04 Å². The molecule has 2 heterocycles. The van der Waals surface area contributed by atoms with Crippen LogP contribution >= 0.6 is 0 Å². The van der Waals surface area contributed by atoms with Crippen molar-refractivity contribution in [3.05, 3.63) is 94.8 Å². The largest absolute Gasteiger partial charge is 0.488 e. The van der Waals surface area contributed by atoms with Gasteiger partial charge in [0.05, 0.1) is 31.9 Å². The van der Waals surface area contributed by atoms with Gasteiger partial charge in [0.1, 0.15) is 17.5 Å². The Morgan fingerprint density at radius 3 is 2.32 bits per heavy atom. The second-order valence-electron chi connectivity index (χ2n) is 15.2. The van der Waals surface area contributed by atoms with E-state index in [-0.39, 0.29) is 34.7 Å². The van der Waals surface area contributed by atoms with Gasteiger partial charge in [0, 0.05) is 12.4 Å². The van der Waals surface area contributed by atoms with E-state index in [1.165, 1.54) is 12.7 Å². The van der Waals surface area contributed by atoms with Gasteiger partial charge >= 0.3 is 12.1 Å². The molecule has 0 saturated heterocycles. The predicted octanol–water partition coefficient (Wildman–Crippen LogP) is 7.48. The predicted molar refractivity (Wildman–Crippen MR) is 188 cm³/mol. The summed E-state index contributed by atoms with van der Waals surface area (Å²) >= 11 is 0. The molecular weight excluding hydrogens is 609 g/mol. The van der Waals surface area contributed by atoms with Crippen molar-refractivity contribution < 1.29 is 28.2 Å². The van der Waals surface area contributed by atoms with Crippen molar-refractivity contribution in [3.63, 3.8) is 0 Å². The number of hydrogen-bond donors (Lipinski definition) is 0. The van der Waals surface area contributed by atoms with Crippen LogP contribution in [0.25, 0.3) is 0 Å². The Labute approximate surface area is 283 Å². The summed E-state index contributed by atoms with van der Waals surface area (Å²) in [4.78, 5) is 31.6. The lowest BCUT2D eigenvalue weighted by atomic mass is 9.82. The molecule has 0 unspecified atom stereocenters. The minimum atomic E-state index is -1.02. The number of methoxy groups -OCH3 is 1. The number of esters is 1. The van der Waals surface area contributed by atoms with Crippen molar-refractivity contribution in [1.29, 1.82) is 0 Å². The number of ether oxygens (including phenoxy) is 3. The molecule has 2 atom stereocenters. The Hall–Kier alpha value is -3.69. The van der Waals surface area contributed by atoms with Crippen LogP contribution in [0.3, 0.4) is 0 Å². The number of aromatic nitrogens is 1. The van der Waals surface area contributed by atoms with Crippen molar-refractivity contribution >= 4 is 21.8 Å². The maximum absolute atomic E-state index is 13.7. The summed E-state index contributed by atoms with van der Waals surface area (Å²) in [5.74, 6) is 0.503. The average Bonchev–Trinajstić information content (AvgIpc) is 3.01. The lowest BCUT2D eigenvalue weighted by molar-refractivity contribution is 0.00568. The zero-order valence-corrected chi connectivity index (χ0v) is 31.0. The molecule has 0 bridgehead atoms. The zero-order chi connectivity index (χ0) is 34.4. The Kier molecular flexibility index (Phi) is 11.6. The first-order valence-corrected chi connectivity index (χ1v) is 17.8. The first kappa shape index (κ1) is 36.1. The Balaban J connectivity index is 1.49. The van der Waals surface area contributed by atoms with E-state index in [0.717, 1.165) is 41.7 Å². The van der Waals surface area contributed by atoms with Gasteiger partial charge in [-0.05, 0) is 97.0 Å². The number of carbonyl (C=O) groups excluding carboxylic acids is 2. The SMILES string of the molecule is COC(=O)c1ccc(Cc2ccc3c(c2)CC[C@H](CN(C[C@H](O[SiH2]C(C)(C)C(C)(C)C)c2cccnc2)C(=O)OC(C)(C)C)O3)cc1. The molecule has 0 saturated carbocycles. The highest BCUT2D eigenvalue weighted by molar-refractivity contribution is 6.32. The number of benzene rings is 2. The van der Waals surface area contributed by atoms with Crippen molar-refractivity contribution in [2.45, 2.75) is 97.5 Å². The molecule has 1 aromatic heterocycles. The lowest BCUT2D eigenvalue weighted by Crippen LogP contribution is -2.46. The molecule has 0 radical (unpaired) electrons. The van der Waals surface area contributed by atoms with E-state index in [4.69, 9.17) is 18.6 Å². The van der Waals surface area contributed by atoms with E-state index in [1.54, 1.807) is 23.2 Å². The first-order chi connectivity index (χ1) is 22.0. The lowest BCUT2D eigenvalue weighted by Gasteiger charge is -2.40. The molecule has 3 aromatic rings. The van der Waals surface area contributed by atoms with E-state index in [1.807, 2.05) is 57.3 Å². The number of hydrogen-bond acceptors (Lipinski definition) is 7. The summed E-state index contributed by atoms with van der Waals surface area (Å²) in [6, 6.07) is 17.7. The number of rotatable bonds is 11. The molecule has 0 fully saturated rings. The molecule has 9 heteroatoms. The zero-order valence-electron chi connectivity index (χ0n) is 29.6. The molecule has 4 rings (SSSR count). The molecule has 0 spiro atoms. The van der Waals surface area contributed by atoms with Gasteiger partial charge in [0.25, 0.3) is 0 Å². The molecule has 0 aliphatic carbocycles. The molecule has 1 aliphatic rings. The van der Waals surface area contributed by atoms with Gasteiger partial charge in [0.15, 0.2) is 9.76 Å². The maximum atomic E-state index is 13.7. The molecule has 1 amide bonds.